The van der Waals surface area contributed by atoms with Crippen LogP contribution >= 0.6 is 0 Å². The van der Waals surface area contributed by atoms with Crippen LogP contribution in [0.3, 0.4) is 0 Å². The molecule has 0 spiro atoms. The summed E-state index contributed by atoms with van der Waals surface area (Å²) in [5.74, 6) is -0.131. The van der Waals surface area contributed by atoms with Gasteiger partial charge in [0.15, 0.2) is 0 Å². The fourth-order valence-electron chi connectivity index (χ4n) is 4.25. The first-order valence-corrected chi connectivity index (χ1v) is 11.5. The minimum atomic E-state index is -0.265. The number of amides is 1. The number of pyridine rings is 1. The molecule has 0 radical (unpaired) electrons. The highest BCUT2D eigenvalue weighted by molar-refractivity contribution is 6.13. The van der Waals surface area contributed by atoms with Gasteiger partial charge >= 0.3 is 0 Å². The highest BCUT2D eigenvalue weighted by Crippen LogP contribution is 2.28. The predicted octanol–water partition coefficient (Wildman–Crippen LogP) is 5.59. The SMILES string of the molecule is Cc1nn(Cc2ccc(C#N)cc2)c(C)c1NC(=O)c1cc(-c2cccc(O)c2)nc2ccccc12. The molecule has 36 heavy (non-hydrogen) atoms. The largest absolute Gasteiger partial charge is 0.508 e. The number of nitrogens with zero attached hydrogens (tertiary/aromatic N) is 4. The van der Waals surface area contributed by atoms with Crippen LogP contribution in [0.1, 0.15) is 32.9 Å². The molecule has 0 aliphatic carbocycles. The number of para-hydroxylation sites is 1. The Balaban J connectivity index is 1.49. The third-order valence-corrected chi connectivity index (χ3v) is 6.14. The second-order valence-electron chi connectivity index (χ2n) is 8.59. The molecule has 0 fully saturated rings. The van der Waals surface area contributed by atoms with Crippen molar-refractivity contribution < 1.29 is 9.90 Å². The van der Waals surface area contributed by atoms with Crippen molar-refractivity contribution >= 4 is 22.5 Å². The number of phenolic OH excluding ortho intramolecular Hbond substituents is 1. The Hall–Kier alpha value is -4.96. The molecule has 2 aromatic heterocycles. The molecule has 5 rings (SSSR count). The highest BCUT2D eigenvalue weighted by Gasteiger charge is 2.19. The van der Waals surface area contributed by atoms with Crippen LogP contribution in [0.25, 0.3) is 22.2 Å². The minimum Gasteiger partial charge on any atom is -0.508 e. The van der Waals surface area contributed by atoms with Crippen molar-refractivity contribution in [1.82, 2.24) is 14.8 Å². The molecule has 0 aliphatic heterocycles. The topological polar surface area (TPSA) is 104 Å². The summed E-state index contributed by atoms with van der Waals surface area (Å²) < 4.78 is 1.84. The predicted molar refractivity (Wildman–Crippen MR) is 139 cm³/mol. The van der Waals surface area contributed by atoms with Crippen molar-refractivity contribution in [1.29, 1.82) is 5.26 Å². The average Bonchev–Trinajstić information content (AvgIpc) is 3.15. The second-order valence-corrected chi connectivity index (χ2v) is 8.59. The summed E-state index contributed by atoms with van der Waals surface area (Å²) in [6, 6.07) is 25.5. The molecule has 7 nitrogen and oxygen atoms in total. The van der Waals surface area contributed by atoms with E-state index in [4.69, 9.17) is 10.2 Å². The lowest BCUT2D eigenvalue weighted by Gasteiger charge is -2.11. The number of benzene rings is 3. The number of phenols is 1. The zero-order valence-corrected chi connectivity index (χ0v) is 19.9. The lowest BCUT2D eigenvalue weighted by atomic mass is 10.0. The van der Waals surface area contributed by atoms with Gasteiger partial charge in [-0.2, -0.15) is 10.4 Å². The molecular formula is C29H23N5O2. The smallest absolute Gasteiger partial charge is 0.256 e. The van der Waals surface area contributed by atoms with Crippen LogP contribution < -0.4 is 5.32 Å². The standard InChI is InChI=1S/C29H23N5O2/c1-18-28(19(2)34(33-18)17-21-12-10-20(16-30)11-13-21)32-29(36)25-15-27(22-6-5-7-23(35)14-22)31-26-9-4-3-8-24(25)26/h3-15,35H,17H2,1-2H3,(H,32,36). The number of fused-ring (bicyclic) bond motifs is 1. The van der Waals surface area contributed by atoms with E-state index in [0.717, 1.165) is 22.2 Å². The van der Waals surface area contributed by atoms with Crippen LogP contribution in [0.5, 0.6) is 5.75 Å². The molecule has 0 bridgehead atoms. The number of hydrogen-bond donors (Lipinski definition) is 2. The molecule has 0 saturated carbocycles. The summed E-state index contributed by atoms with van der Waals surface area (Å²) in [6.45, 7) is 4.30. The second kappa shape index (κ2) is 9.35. The van der Waals surface area contributed by atoms with Crippen LogP contribution in [0.15, 0.2) is 78.9 Å². The first-order valence-electron chi connectivity index (χ1n) is 11.5. The quantitative estimate of drug-likeness (QED) is 0.346. The average molecular weight is 474 g/mol. The van der Waals surface area contributed by atoms with E-state index in [9.17, 15) is 9.90 Å². The fourth-order valence-corrected chi connectivity index (χ4v) is 4.25. The Morgan fingerprint density at radius 2 is 1.81 bits per heavy atom. The molecule has 0 atom stereocenters. The van der Waals surface area contributed by atoms with Gasteiger partial charge in [-0.15, -0.1) is 0 Å². The van der Waals surface area contributed by atoms with E-state index in [0.29, 0.717) is 40.3 Å². The van der Waals surface area contributed by atoms with Gasteiger partial charge in [-0.05, 0) is 55.8 Å². The molecule has 0 saturated heterocycles. The molecule has 0 unspecified atom stereocenters. The van der Waals surface area contributed by atoms with Crippen molar-refractivity contribution in [3.63, 3.8) is 0 Å². The van der Waals surface area contributed by atoms with Gasteiger partial charge in [0.2, 0.25) is 0 Å². The number of aromatic nitrogens is 3. The first kappa shape index (κ1) is 22.8. The number of carbonyl (C=O) groups excluding carboxylic acids is 1. The number of rotatable bonds is 5. The van der Waals surface area contributed by atoms with Crippen molar-refractivity contribution in [2.24, 2.45) is 0 Å². The third kappa shape index (κ3) is 4.40. The Morgan fingerprint density at radius 1 is 1.03 bits per heavy atom. The number of aryl methyl sites for hydroxylation is 1. The summed E-state index contributed by atoms with van der Waals surface area (Å²) in [5, 5.41) is 27.4. The lowest BCUT2D eigenvalue weighted by molar-refractivity contribution is 0.102. The van der Waals surface area contributed by atoms with Gasteiger partial charge in [0, 0.05) is 10.9 Å². The molecule has 2 heterocycles. The van der Waals surface area contributed by atoms with E-state index in [1.165, 1.54) is 0 Å². The van der Waals surface area contributed by atoms with E-state index in [1.54, 1.807) is 36.4 Å². The van der Waals surface area contributed by atoms with Crippen LogP contribution in [-0.2, 0) is 6.54 Å². The van der Waals surface area contributed by atoms with Crippen molar-refractivity contribution in [2.75, 3.05) is 5.32 Å². The Kier molecular flexibility index (Phi) is 5.93. The van der Waals surface area contributed by atoms with Crippen molar-refractivity contribution in [3.05, 3.63) is 107 Å². The van der Waals surface area contributed by atoms with E-state index in [-0.39, 0.29) is 11.7 Å². The Morgan fingerprint density at radius 3 is 2.56 bits per heavy atom. The number of aromatic hydroxyl groups is 1. The molecule has 0 aliphatic rings. The summed E-state index contributed by atoms with van der Waals surface area (Å²) >= 11 is 0. The van der Waals surface area contributed by atoms with Crippen LogP contribution in [0.4, 0.5) is 5.69 Å². The first-order chi connectivity index (χ1) is 17.4. The van der Waals surface area contributed by atoms with Crippen molar-refractivity contribution in [3.8, 4) is 23.1 Å². The monoisotopic (exact) mass is 473 g/mol. The van der Waals surface area contributed by atoms with Gasteiger partial charge in [0.05, 0.1) is 52.0 Å². The van der Waals surface area contributed by atoms with E-state index in [1.807, 2.05) is 61.0 Å². The van der Waals surface area contributed by atoms with E-state index in [2.05, 4.69) is 16.5 Å². The Labute approximate surface area is 208 Å². The summed E-state index contributed by atoms with van der Waals surface area (Å²) in [4.78, 5) is 18.3. The molecule has 3 aromatic carbocycles. The summed E-state index contributed by atoms with van der Waals surface area (Å²) in [7, 11) is 0. The maximum absolute atomic E-state index is 13.6. The van der Waals surface area contributed by atoms with Crippen LogP contribution in [-0.4, -0.2) is 25.8 Å². The zero-order valence-electron chi connectivity index (χ0n) is 19.9. The summed E-state index contributed by atoms with van der Waals surface area (Å²) in [5.41, 5.74) is 6.30. The molecule has 5 aromatic rings. The van der Waals surface area contributed by atoms with Gasteiger partial charge in [0.1, 0.15) is 5.75 Å². The maximum atomic E-state index is 13.6. The number of nitrogens with one attached hydrogen (secondary N) is 1. The van der Waals surface area contributed by atoms with Gasteiger partial charge in [0.25, 0.3) is 5.91 Å². The van der Waals surface area contributed by atoms with Crippen molar-refractivity contribution in [2.45, 2.75) is 20.4 Å². The number of carbonyl (C=O) groups is 1. The molecule has 1 amide bonds. The third-order valence-electron chi connectivity index (χ3n) is 6.14. The van der Waals surface area contributed by atoms with Gasteiger partial charge < -0.3 is 10.4 Å². The van der Waals surface area contributed by atoms with Gasteiger partial charge in [-0.25, -0.2) is 4.98 Å². The lowest BCUT2D eigenvalue weighted by Crippen LogP contribution is -2.14. The van der Waals surface area contributed by atoms with E-state index < -0.39 is 0 Å². The highest BCUT2D eigenvalue weighted by atomic mass is 16.3. The minimum absolute atomic E-state index is 0.134. The maximum Gasteiger partial charge on any atom is 0.256 e. The van der Waals surface area contributed by atoms with Crippen LogP contribution in [0.2, 0.25) is 0 Å². The Bertz CT molecular complexity index is 1650. The van der Waals surface area contributed by atoms with E-state index >= 15 is 0 Å². The number of anilines is 1. The van der Waals surface area contributed by atoms with Crippen LogP contribution in [0, 0.1) is 25.2 Å². The zero-order chi connectivity index (χ0) is 25.2. The van der Waals surface area contributed by atoms with Gasteiger partial charge in [-0.1, -0.05) is 42.5 Å². The number of hydrogen-bond acceptors (Lipinski definition) is 5. The fraction of sp³-hybridized carbons (Fsp3) is 0.103. The summed E-state index contributed by atoms with van der Waals surface area (Å²) in [6.07, 6.45) is 0. The number of nitriles is 1. The molecule has 176 valence electrons. The molecule has 2 N–H and O–H groups in total. The normalized spacial score (nSPS) is 10.8. The molecule has 7 heteroatoms. The molecular weight excluding hydrogens is 450 g/mol. The van der Waals surface area contributed by atoms with Gasteiger partial charge in [-0.3, -0.25) is 9.48 Å².